The maximum atomic E-state index is 12.3. The standard InChI is InChI=1S/C13H22N2O3S/c1-4-12-6-5-11(10-16)9-13(12)19(17,18)14-7-8-15(2)3/h5-6,9,14,16H,4,7-8,10H2,1-3H3. The van der Waals surface area contributed by atoms with E-state index in [2.05, 4.69) is 4.72 Å². The van der Waals surface area contributed by atoms with Crippen LogP contribution in [-0.4, -0.2) is 45.6 Å². The molecular formula is C13H22N2O3S. The first-order valence-corrected chi connectivity index (χ1v) is 7.76. The number of likely N-dealkylation sites (N-methyl/N-ethyl adjacent to an activating group) is 1. The van der Waals surface area contributed by atoms with E-state index in [1.807, 2.05) is 25.9 Å². The van der Waals surface area contributed by atoms with E-state index in [4.69, 9.17) is 5.11 Å². The van der Waals surface area contributed by atoms with Gasteiger partial charge in [0.15, 0.2) is 0 Å². The molecule has 2 N–H and O–H groups in total. The predicted molar refractivity (Wildman–Crippen MR) is 75.5 cm³/mol. The molecule has 0 aliphatic heterocycles. The lowest BCUT2D eigenvalue weighted by molar-refractivity contribution is 0.281. The fraction of sp³-hybridized carbons (Fsp3) is 0.538. The van der Waals surface area contributed by atoms with E-state index in [0.717, 1.165) is 5.56 Å². The van der Waals surface area contributed by atoms with Crippen molar-refractivity contribution in [1.82, 2.24) is 9.62 Å². The van der Waals surface area contributed by atoms with Gasteiger partial charge in [0.1, 0.15) is 0 Å². The molecule has 0 unspecified atom stereocenters. The van der Waals surface area contributed by atoms with E-state index in [9.17, 15) is 8.42 Å². The van der Waals surface area contributed by atoms with Crippen LogP contribution >= 0.6 is 0 Å². The molecule has 0 aliphatic carbocycles. The quantitative estimate of drug-likeness (QED) is 0.769. The van der Waals surface area contributed by atoms with Crippen molar-refractivity contribution in [3.8, 4) is 0 Å². The Morgan fingerprint density at radius 3 is 2.53 bits per heavy atom. The number of sulfonamides is 1. The number of aliphatic hydroxyl groups excluding tert-OH is 1. The summed E-state index contributed by atoms with van der Waals surface area (Å²) in [4.78, 5) is 2.17. The predicted octanol–water partition coefficient (Wildman–Crippen LogP) is 0.581. The first-order chi connectivity index (χ1) is 8.90. The second-order valence-electron chi connectivity index (χ2n) is 4.65. The molecular weight excluding hydrogens is 264 g/mol. The normalized spacial score (nSPS) is 12.1. The summed E-state index contributed by atoms with van der Waals surface area (Å²) in [6.07, 6.45) is 0.635. The number of nitrogens with zero attached hydrogens (tertiary/aromatic N) is 1. The molecule has 0 saturated heterocycles. The van der Waals surface area contributed by atoms with Gasteiger partial charge >= 0.3 is 0 Å². The molecule has 1 aromatic carbocycles. The van der Waals surface area contributed by atoms with Crippen LogP contribution in [0.2, 0.25) is 0 Å². The van der Waals surface area contributed by atoms with Gasteiger partial charge in [-0.1, -0.05) is 19.1 Å². The second-order valence-corrected chi connectivity index (χ2v) is 6.39. The summed E-state index contributed by atoms with van der Waals surface area (Å²) in [5.41, 5.74) is 1.36. The number of nitrogens with one attached hydrogen (secondary N) is 1. The van der Waals surface area contributed by atoms with Crippen LogP contribution in [0.3, 0.4) is 0 Å². The van der Waals surface area contributed by atoms with Gasteiger partial charge in [-0.25, -0.2) is 13.1 Å². The van der Waals surface area contributed by atoms with Crippen molar-refractivity contribution in [2.45, 2.75) is 24.8 Å². The summed E-state index contributed by atoms with van der Waals surface area (Å²) in [5, 5.41) is 9.12. The van der Waals surface area contributed by atoms with Crippen molar-refractivity contribution in [3.63, 3.8) is 0 Å². The number of aryl methyl sites for hydroxylation is 1. The Labute approximate surface area is 115 Å². The van der Waals surface area contributed by atoms with Crippen LogP contribution in [-0.2, 0) is 23.1 Å². The Kier molecular flexibility index (Phi) is 5.93. The zero-order valence-corrected chi connectivity index (χ0v) is 12.5. The van der Waals surface area contributed by atoms with Crippen LogP contribution in [0.15, 0.2) is 23.1 Å². The van der Waals surface area contributed by atoms with Crippen LogP contribution in [0.5, 0.6) is 0 Å². The van der Waals surface area contributed by atoms with E-state index in [1.54, 1.807) is 12.1 Å². The van der Waals surface area contributed by atoms with E-state index >= 15 is 0 Å². The van der Waals surface area contributed by atoms with E-state index < -0.39 is 10.0 Å². The van der Waals surface area contributed by atoms with Gasteiger partial charge in [0.25, 0.3) is 0 Å². The minimum Gasteiger partial charge on any atom is -0.392 e. The largest absolute Gasteiger partial charge is 0.392 e. The highest BCUT2D eigenvalue weighted by Crippen LogP contribution is 2.18. The minimum atomic E-state index is -3.52. The molecule has 0 aromatic heterocycles. The molecule has 0 saturated carbocycles. The smallest absolute Gasteiger partial charge is 0.240 e. The molecule has 19 heavy (non-hydrogen) atoms. The third-order valence-corrected chi connectivity index (χ3v) is 4.38. The third kappa shape index (κ3) is 4.58. The number of hydrogen-bond acceptors (Lipinski definition) is 4. The first kappa shape index (κ1) is 16.1. The lowest BCUT2D eigenvalue weighted by Crippen LogP contribution is -2.32. The van der Waals surface area contributed by atoms with E-state index in [-0.39, 0.29) is 11.5 Å². The summed E-state index contributed by atoms with van der Waals surface area (Å²) in [5.74, 6) is 0. The summed E-state index contributed by atoms with van der Waals surface area (Å²) in [6, 6.07) is 5.04. The fourth-order valence-corrected chi connectivity index (χ4v) is 3.10. The van der Waals surface area contributed by atoms with E-state index in [1.165, 1.54) is 6.07 Å². The van der Waals surface area contributed by atoms with Crippen LogP contribution in [0, 0.1) is 0 Å². The highest BCUT2D eigenvalue weighted by molar-refractivity contribution is 7.89. The lowest BCUT2D eigenvalue weighted by atomic mass is 10.1. The molecule has 0 spiro atoms. The molecule has 0 atom stereocenters. The van der Waals surface area contributed by atoms with Crippen molar-refractivity contribution in [3.05, 3.63) is 29.3 Å². The van der Waals surface area contributed by atoms with Crippen molar-refractivity contribution >= 4 is 10.0 Å². The molecule has 0 aliphatic rings. The lowest BCUT2D eigenvalue weighted by Gasteiger charge is -2.13. The number of rotatable bonds is 7. The van der Waals surface area contributed by atoms with Gasteiger partial charge < -0.3 is 10.0 Å². The Balaban J connectivity index is 2.98. The van der Waals surface area contributed by atoms with Crippen LogP contribution < -0.4 is 4.72 Å². The molecule has 5 nitrogen and oxygen atoms in total. The van der Waals surface area contributed by atoms with E-state index in [0.29, 0.717) is 25.1 Å². The van der Waals surface area contributed by atoms with Crippen molar-refractivity contribution < 1.29 is 13.5 Å². The molecule has 0 amide bonds. The van der Waals surface area contributed by atoms with Gasteiger partial charge in [0.2, 0.25) is 10.0 Å². The average molecular weight is 286 g/mol. The molecule has 1 rings (SSSR count). The SMILES string of the molecule is CCc1ccc(CO)cc1S(=O)(=O)NCCN(C)C. The Hall–Kier alpha value is -0.950. The number of hydrogen-bond donors (Lipinski definition) is 2. The summed E-state index contributed by atoms with van der Waals surface area (Å²) in [6.45, 7) is 2.75. The summed E-state index contributed by atoms with van der Waals surface area (Å²) in [7, 11) is 0.255. The van der Waals surface area contributed by atoms with Gasteiger partial charge in [-0.15, -0.1) is 0 Å². The molecule has 108 valence electrons. The van der Waals surface area contributed by atoms with Crippen LogP contribution in [0.1, 0.15) is 18.1 Å². The van der Waals surface area contributed by atoms with Crippen molar-refractivity contribution in [1.29, 1.82) is 0 Å². The zero-order valence-electron chi connectivity index (χ0n) is 11.7. The Morgan fingerprint density at radius 1 is 1.32 bits per heavy atom. The van der Waals surface area contributed by atoms with Gasteiger partial charge in [0.05, 0.1) is 11.5 Å². The minimum absolute atomic E-state index is 0.162. The van der Waals surface area contributed by atoms with Gasteiger partial charge in [0, 0.05) is 13.1 Å². The maximum absolute atomic E-state index is 12.3. The first-order valence-electron chi connectivity index (χ1n) is 6.27. The zero-order chi connectivity index (χ0) is 14.5. The van der Waals surface area contributed by atoms with Crippen molar-refractivity contribution in [2.24, 2.45) is 0 Å². The topological polar surface area (TPSA) is 69.6 Å². The third-order valence-electron chi connectivity index (χ3n) is 2.84. The number of aliphatic hydroxyl groups is 1. The van der Waals surface area contributed by atoms with Crippen molar-refractivity contribution in [2.75, 3.05) is 27.2 Å². The molecule has 0 radical (unpaired) electrons. The molecule has 0 heterocycles. The van der Waals surface area contributed by atoms with Gasteiger partial charge in [-0.3, -0.25) is 0 Å². The molecule has 6 heteroatoms. The second kappa shape index (κ2) is 7.00. The van der Waals surface area contributed by atoms with Crippen LogP contribution in [0.25, 0.3) is 0 Å². The summed E-state index contributed by atoms with van der Waals surface area (Å²) >= 11 is 0. The van der Waals surface area contributed by atoms with Gasteiger partial charge in [-0.05, 0) is 37.7 Å². The highest BCUT2D eigenvalue weighted by Gasteiger charge is 2.17. The fourth-order valence-electron chi connectivity index (χ4n) is 1.72. The Morgan fingerprint density at radius 2 is 2.00 bits per heavy atom. The monoisotopic (exact) mass is 286 g/mol. The molecule has 0 bridgehead atoms. The highest BCUT2D eigenvalue weighted by atomic mass is 32.2. The molecule has 1 aromatic rings. The maximum Gasteiger partial charge on any atom is 0.240 e. The van der Waals surface area contributed by atoms with Crippen LogP contribution in [0.4, 0.5) is 0 Å². The Bertz CT molecular complexity index is 513. The summed E-state index contributed by atoms with van der Waals surface area (Å²) < 4.78 is 27.1. The van der Waals surface area contributed by atoms with Gasteiger partial charge in [-0.2, -0.15) is 0 Å². The number of benzene rings is 1. The molecule has 0 fully saturated rings. The average Bonchev–Trinajstić information content (AvgIpc) is 2.37.